The van der Waals surface area contributed by atoms with E-state index in [9.17, 15) is 31.9 Å². The van der Waals surface area contributed by atoms with Crippen LogP contribution < -0.4 is 5.11 Å². The van der Waals surface area contributed by atoms with Gasteiger partial charge in [0.1, 0.15) is 5.60 Å². The molecule has 8 heteroatoms. The van der Waals surface area contributed by atoms with Crippen LogP contribution >= 0.6 is 0 Å². The predicted molar refractivity (Wildman–Crippen MR) is 38.3 cm³/mol. The van der Waals surface area contributed by atoms with Crippen molar-refractivity contribution in [2.24, 2.45) is 0 Å². The van der Waals surface area contributed by atoms with Gasteiger partial charge in [0.2, 0.25) is 0 Å². The highest BCUT2D eigenvalue weighted by atomic mass is 19.2. The molecular weight excluding hydrogens is 239 g/mol. The largest absolute Gasteiger partial charge is 0.532 e. The van der Waals surface area contributed by atoms with Crippen molar-refractivity contribution in [3.63, 3.8) is 0 Å². The Hall–Kier alpha value is -1.60. The third-order valence-corrected chi connectivity index (χ3v) is 2.03. The van der Waals surface area contributed by atoms with Gasteiger partial charge < -0.3 is 14.6 Å². The number of halogens is 5. The molecule has 0 fully saturated rings. The molecule has 0 saturated carbocycles. The molecule has 2 unspecified atom stereocenters. The summed E-state index contributed by atoms with van der Waals surface area (Å²) in [6.45, 7) is 0.411. The van der Waals surface area contributed by atoms with Crippen molar-refractivity contribution in [1.82, 2.24) is 0 Å². The number of alkyl halides is 1. The van der Waals surface area contributed by atoms with Crippen LogP contribution in [0.3, 0.4) is 0 Å². The average Bonchev–Trinajstić information content (AvgIpc) is 2.21. The molecule has 1 aliphatic carbocycles. The van der Waals surface area contributed by atoms with Crippen LogP contribution in [0.25, 0.3) is 0 Å². The first-order valence-corrected chi connectivity index (χ1v) is 3.87. The van der Waals surface area contributed by atoms with Crippen LogP contribution in [-0.4, -0.2) is 17.9 Å². The predicted octanol–water partition coefficient (Wildman–Crippen LogP) is 1.76. The molecule has 0 aromatic carbocycles. The fourth-order valence-electron chi connectivity index (χ4n) is 1.15. The van der Waals surface area contributed by atoms with E-state index in [2.05, 4.69) is 4.74 Å². The first-order valence-electron chi connectivity index (χ1n) is 3.87. The Bertz CT molecular complexity index is 402. The van der Waals surface area contributed by atoms with Gasteiger partial charge >= 0.3 is 0 Å². The zero-order chi connectivity index (χ0) is 12.7. The van der Waals surface area contributed by atoms with E-state index in [1.165, 1.54) is 0 Å². The second-order valence-corrected chi connectivity index (χ2v) is 3.11. The first-order chi connectivity index (χ1) is 7.21. The Labute approximate surface area is 85.8 Å². The third kappa shape index (κ3) is 1.63. The lowest BCUT2D eigenvalue weighted by atomic mass is 9.92. The third-order valence-electron chi connectivity index (χ3n) is 2.03. The van der Waals surface area contributed by atoms with Crippen LogP contribution in [0.1, 0.15) is 6.92 Å². The molecule has 1 aliphatic rings. The van der Waals surface area contributed by atoms with Gasteiger partial charge in [-0.05, 0) is 6.92 Å². The Morgan fingerprint density at radius 1 is 1.31 bits per heavy atom. The van der Waals surface area contributed by atoms with Crippen LogP contribution in [0.2, 0.25) is 0 Å². The number of carboxylic acid groups (broad SMARTS) is 1. The Kier molecular flexibility index (Phi) is 2.93. The van der Waals surface area contributed by atoms with E-state index < -0.39 is 41.2 Å². The first kappa shape index (κ1) is 12.5. The Morgan fingerprint density at radius 2 is 1.81 bits per heavy atom. The second-order valence-electron chi connectivity index (χ2n) is 3.11. The van der Waals surface area contributed by atoms with Gasteiger partial charge in [0.05, 0.1) is 0 Å². The zero-order valence-electron chi connectivity index (χ0n) is 7.69. The standard InChI is InChI=1S/C8H5F5O3/c1-8(16-7(14)15)5(12)3(10)2(9)4(11)6(8)13/h5H,1H3,(H,14,15)/p-1. The molecule has 0 aliphatic heterocycles. The van der Waals surface area contributed by atoms with Gasteiger partial charge in [-0.3, -0.25) is 0 Å². The fourth-order valence-corrected chi connectivity index (χ4v) is 1.15. The summed E-state index contributed by atoms with van der Waals surface area (Å²) in [5, 5.41) is 10.0. The molecule has 1 rings (SSSR count). The highest BCUT2D eigenvalue weighted by Gasteiger charge is 2.49. The molecule has 90 valence electrons. The van der Waals surface area contributed by atoms with Crippen molar-refractivity contribution in [3.05, 3.63) is 23.3 Å². The quantitative estimate of drug-likeness (QED) is 0.520. The van der Waals surface area contributed by atoms with Crippen molar-refractivity contribution >= 4 is 6.16 Å². The summed E-state index contributed by atoms with van der Waals surface area (Å²) in [5.74, 6) is -9.16. The molecule has 0 aromatic rings. The van der Waals surface area contributed by atoms with Crippen molar-refractivity contribution in [2.45, 2.75) is 18.7 Å². The normalized spacial score (nSPS) is 30.8. The summed E-state index contributed by atoms with van der Waals surface area (Å²) in [6, 6.07) is 0. The van der Waals surface area contributed by atoms with E-state index in [0.29, 0.717) is 6.92 Å². The van der Waals surface area contributed by atoms with E-state index in [0.717, 1.165) is 0 Å². The van der Waals surface area contributed by atoms with Crippen molar-refractivity contribution in [1.29, 1.82) is 0 Å². The van der Waals surface area contributed by atoms with Gasteiger partial charge in [0, 0.05) is 0 Å². The molecule has 0 heterocycles. The van der Waals surface area contributed by atoms with Crippen LogP contribution in [0.5, 0.6) is 0 Å². The summed E-state index contributed by atoms with van der Waals surface area (Å²) < 4.78 is 67.8. The molecule has 2 atom stereocenters. The smallest absolute Gasteiger partial charge is 0.253 e. The summed E-state index contributed by atoms with van der Waals surface area (Å²) >= 11 is 0. The van der Waals surface area contributed by atoms with Crippen molar-refractivity contribution in [2.75, 3.05) is 0 Å². The number of hydrogen-bond acceptors (Lipinski definition) is 3. The number of carbonyl (C=O) groups is 1. The molecule has 0 bridgehead atoms. The second kappa shape index (κ2) is 3.76. The topological polar surface area (TPSA) is 49.4 Å². The van der Waals surface area contributed by atoms with Crippen LogP contribution in [0, 0.1) is 0 Å². The van der Waals surface area contributed by atoms with Gasteiger partial charge in [-0.2, -0.15) is 0 Å². The summed E-state index contributed by atoms with van der Waals surface area (Å²) in [4.78, 5) is 10.0. The van der Waals surface area contributed by atoms with E-state index in [-0.39, 0.29) is 0 Å². The summed E-state index contributed by atoms with van der Waals surface area (Å²) in [5.41, 5.74) is -3.12. The fraction of sp³-hybridized carbons (Fsp3) is 0.375. The maximum absolute atomic E-state index is 13.1. The Morgan fingerprint density at radius 3 is 2.25 bits per heavy atom. The van der Waals surface area contributed by atoms with E-state index in [1.54, 1.807) is 0 Å². The molecule has 3 nitrogen and oxygen atoms in total. The van der Waals surface area contributed by atoms with Gasteiger partial charge in [0.25, 0.3) is 6.16 Å². The summed E-state index contributed by atoms with van der Waals surface area (Å²) in [7, 11) is 0. The lowest BCUT2D eigenvalue weighted by Crippen LogP contribution is -2.47. The highest BCUT2D eigenvalue weighted by molar-refractivity contribution is 5.57. The number of rotatable bonds is 1. The lowest BCUT2D eigenvalue weighted by Gasteiger charge is -2.36. The van der Waals surface area contributed by atoms with Gasteiger partial charge in [0.15, 0.2) is 29.5 Å². The monoisotopic (exact) mass is 243 g/mol. The average molecular weight is 243 g/mol. The maximum Gasteiger partial charge on any atom is 0.253 e. The van der Waals surface area contributed by atoms with Gasteiger partial charge in [-0.25, -0.2) is 22.0 Å². The minimum Gasteiger partial charge on any atom is -0.532 e. The molecule has 0 aromatic heterocycles. The number of ether oxygens (including phenoxy) is 1. The highest BCUT2D eigenvalue weighted by Crippen LogP contribution is 2.43. The number of carbonyl (C=O) groups excluding carboxylic acids is 1. The van der Waals surface area contributed by atoms with E-state index in [4.69, 9.17) is 0 Å². The van der Waals surface area contributed by atoms with Crippen LogP contribution in [0.4, 0.5) is 26.7 Å². The minimum absolute atomic E-state index is 0.411. The molecule has 0 saturated heterocycles. The SMILES string of the molecule is CC1(OC(=O)[O-])C(F)=C(F)C(F)=C(F)C1F. The number of allylic oxidation sites excluding steroid dienone is 2. The van der Waals surface area contributed by atoms with Crippen LogP contribution in [-0.2, 0) is 4.74 Å². The minimum atomic E-state index is -3.12. The van der Waals surface area contributed by atoms with Gasteiger partial charge in [-0.1, -0.05) is 0 Å². The Balaban J connectivity index is 3.29. The molecule has 0 amide bonds. The summed E-state index contributed by atoms with van der Waals surface area (Å²) in [6.07, 6.45) is -5.52. The van der Waals surface area contributed by atoms with Crippen molar-refractivity contribution in [3.8, 4) is 0 Å². The maximum atomic E-state index is 13.1. The van der Waals surface area contributed by atoms with Crippen molar-refractivity contribution < 1.29 is 36.6 Å². The number of hydrogen-bond donors (Lipinski definition) is 0. The molecule has 0 spiro atoms. The molecular formula is C8H4F5O3-. The van der Waals surface area contributed by atoms with Crippen LogP contribution in [0.15, 0.2) is 23.3 Å². The van der Waals surface area contributed by atoms with E-state index in [1.807, 2.05) is 0 Å². The molecule has 0 radical (unpaired) electrons. The lowest BCUT2D eigenvalue weighted by molar-refractivity contribution is -0.296. The van der Waals surface area contributed by atoms with E-state index >= 15 is 0 Å². The molecule has 16 heavy (non-hydrogen) atoms. The zero-order valence-corrected chi connectivity index (χ0v) is 7.69. The molecule has 0 N–H and O–H groups in total. The van der Waals surface area contributed by atoms with Gasteiger partial charge in [-0.15, -0.1) is 0 Å².